The van der Waals surface area contributed by atoms with E-state index in [-0.39, 0.29) is 5.91 Å². The van der Waals surface area contributed by atoms with Gasteiger partial charge in [0.05, 0.1) is 21.8 Å². The largest absolute Gasteiger partial charge is 0.321 e. The summed E-state index contributed by atoms with van der Waals surface area (Å²) in [5.74, 6) is -0.617. The lowest BCUT2D eigenvalue weighted by molar-refractivity contribution is 0.0941. The first-order valence-electron chi connectivity index (χ1n) is 6.95. The SMILES string of the molecule is CC(=O)n1cc(C(=O)Nc2cc(Cl)ccc2Cl)c2cc(Cl)ccc21. The monoisotopic (exact) mass is 380 g/mol. The van der Waals surface area contributed by atoms with Crippen LogP contribution in [0.4, 0.5) is 5.69 Å². The van der Waals surface area contributed by atoms with Gasteiger partial charge in [0, 0.05) is 28.6 Å². The maximum atomic E-state index is 12.7. The summed E-state index contributed by atoms with van der Waals surface area (Å²) in [6, 6.07) is 9.78. The number of aromatic nitrogens is 1. The van der Waals surface area contributed by atoms with Gasteiger partial charge in [-0.15, -0.1) is 0 Å². The molecule has 3 aromatic rings. The minimum Gasteiger partial charge on any atom is -0.321 e. The summed E-state index contributed by atoms with van der Waals surface area (Å²) in [6.45, 7) is 1.42. The first kappa shape index (κ1) is 16.8. The second-order valence-electron chi connectivity index (χ2n) is 5.17. The third-order valence-electron chi connectivity index (χ3n) is 3.53. The predicted octanol–water partition coefficient (Wildman–Crippen LogP) is 5.51. The van der Waals surface area contributed by atoms with E-state index < -0.39 is 5.91 Å². The fraction of sp³-hybridized carbons (Fsp3) is 0.0588. The predicted molar refractivity (Wildman–Crippen MR) is 97.7 cm³/mol. The maximum absolute atomic E-state index is 12.7. The Bertz CT molecular complexity index is 979. The number of rotatable bonds is 2. The van der Waals surface area contributed by atoms with Crippen LogP contribution in [-0.2, 0) is 0 Å². The molecular formula is C17H11Cl3N2O2. The van der Waals surface area contributed by atoms with E-state index in [0.717, 1.165) is 0 Å². The highest BCUT2D eigenvalue weighted by Crippen LogP contribution is 2.29. The Hall–Kier alpha value is -2.01. The number of carbonyl (C=O) groups excluding carboxylic acids is 2. The van der Waals surface area contributed by atoms with Gasteiger partial charge >= 0.3 is 0 Å². The van der Waals surface area contributed by atoms with E-state index in [2.05, 4.69) is 5.32 Å². The second kappa shape index (κ2) is 6.48. The number of nitrogens with zero attached hydrogens (tertiary/aromatic N) is 1. The van der Waals surface area contributed by atoms with Crippen LogP contribution in [0.25, 0.3) is 10.9 Å². The van der Waals surface area contributed by atoms with Crippen molar-refractivity contribution in [3.8, 4) is 0 Å². The molecule has 0 saturated heterocycles. The van der Waals surface area contributed by atoms with E-state index in [1.54, 1.807) is 36.4 Å². The molecule has 0 fully saturated rings. The Morgan fingerprint density at radius 2 is 1.67 bits per heavy atom. The molecule has 0 atom stereocenters. The van der Waals surface area contributed by atoms with Crippen molar-refractivity contribution in [2.75, 3.05) is 5.32 Å². The van der Waals surface area contributed by atoms with Gasteiger partial charge in [-0.05, 0) is 36.4 Å². The molecule has 7 heteroatoms. The van der Waals surface area contributed by atoms with Gasteiger partial charge in [-0.25, -0.2) is 0 Å². The number of anilines is 1. The van der Waals surface area contributed by atoms with Gasteiger partial charge in [-0.2, -0.15) is 0 Å². The minimum atomic E-state index is -0.411. The molecule has 1 amide bonds. The van der Waals surface area contributed by atoms with Crippen molar-refractivity contribution in [2.24, 2.45) is 0 Å². The van der Waals surface area contributed by atoms with Crippen LogP contribution in [-0.4, -0.2) is 16.4 Å². The van der Waals surface area contributed by atoms with Crippen molar-refractivity contribution >= 4 is 63.2 Å². The number of hydrogen-bond acceptors (Lipinski definition) is 2. The molecule has 122 valence electrons. The zero-order valence-electron chi connectivity index (χ0n) is 12.4. The molecule has 0 unspecified atom stereocenters. The molecule has 4 nitrogen and oxygen atoms in total. The Morgan fingerprint density at radius 3 is 2.38 bits per heavy atom. The van der Waals surface area contributed by atoms with Crippen molar-refractivity contribution in [3.63, 3.8) is 0 Å². The van der Waals surface area contributed by atoms with E-state index in [4.69, 9.17) is 34.8 Å². The summed E-state index contributed by atoms with van der Waals surface area (Å²) in [5, 5.41) is 4.57. The van der Waals surface area contributed by atoms with Gasteiger partial charge in [0.15, 0.2) is 0 Å². The molecule has 24 heavy (non-hydrogen) atoms. The molecule has 1 aromatic heterocycles. The van der Waals surface area contributed by atoms with Crippen LogP contribution in [0.2, 0.25) is 15.1 Å². The summed E-state index contributed by atoms with van der Waals surface area (Å²) < 4.78 is 1.40. The number of fused-ring (bicyclic) bond motifs is 1. The van der Waals surface area contributed by atoms with Crippen LogP contribution in [0.3, 0.4) is 0 Å². The van der Waals surface area contributed by atoms with E-state index in [1.165, 1.54) is 17.7 Å². The third-order valence-corrected chi connectivity index (χ3v) is 4.33. The fourth-order valence-corrected chi connectivity index (χ4v) is 2.94. The van der Waals surface area contributed by atoms with Crippen LogP contribution in [0.5, 0.6) is 0 Å². The van der Waals surface area contributed by atoms with Crippen LogP contribution in [0.1, 0.15) is 22.1 Å². The van der Waals surface area contributed by atoms with Crippen molar-refractivity contribution in [1.82, 2.24) is 4.57 Å². The molecular weight excluding hydrogens is 371 g/mol. The van der Waals surface area contributed by atoms with E-state index >= 15 is 0 Å². The molecule has 2 aromatic carbocycles. The molecule has 0 spiro atoms. The average molecular weight is 382 g/mol. The number of benzene rings is 2. The van der Waals surface area contributed by atoms with Crippen molar-refractivity contribution in [1.29, 1.82) is 0 Å². The van der Waals surface area contributed by atoms with Gasteiger partial charge in [0.2, 0.25) is 5.91 Å². The normalized spacial score (nSPS) is 10.8. The Kier molecular flexibility index (Phi) is 4.54. The quantitative estimate of drug-likeness (QED) is 0.636. The number of halogens is 3. The average Bonchev–Trinajstić information content (AvgIpc) is 2.89. The summed E-state index contributed by atoms with van der Waals surface area (Å²) >= 11 is 18.0. The van der Waals surface area contributed by atoms with Crippen LogP contribution in [0.15, 0.2) is 42.6 Å². The first-order chi connectivity index (χ1) is 11.4. The Balaban J connectivity index is 2.08. The molecule has 3 rings (SSSR count). The molecule has 0 aliphatic rings. The Labute approximate surface area is 152 Å². The highest BCUT2D eigenvalue weighted by molar-refractivity contribution is 6.36. The summed E-state index contributed by atoms with van der Waals surface area (Å²) in [4.78, 5) is 24.5. The third kappa shape index (κ3) is 3.13. The second-order valence-corrected chi connectivity index (χ2v) is 6.45. The number of carbonyl (C=O) groups is 2. The lowest BCUT2D eigenvalue weighted by Crippen LogP contribution is -2.12. The lowest BCUT2D eigenvalue weighted by atomic mass is 10.1. The number of hydrogen-bond donors (Lipinski definition) is 1. The fourth-order valence-electron chi connectivity index (χ4n) is 2.43. The first-order valence-corrected chi connectivity index (χ1v) is 8.08. The van der Waals surface area contributed by atoms with Gasteiger partial charge in [0.1, 0.15) is 0 Å². The molecule has 0 aliphatic carbocycles. The zero-order chi connectivity index (χ0) is 17.4. The van der Waals surface area contributed by atoms with Gasteiger partial charge in [0.25, 0.3) is 5.91 Å². The van der Waals surface area contributed by atoms with E-state index in [9.17, 15) is 9.59 Å². The van der Waals surface area contributed by atoms with Gasteiger partial charge in [-0.3, -0.25) is 14.2 Å². The summed E-state index contributed by atoms with van der Waals surface area (Å²) in [7, 11) is 0. The molecule has 0 aliphatic heterocycles. The van der Waals surface area contributed by atoms with Crippen LogP contribution >= 0.6 is 34.8 Å². The standard InChI is InChI=1S/C17H11Cl3N2O2/c1-9(23)22-8-13(12-6-10(18)3-5-16(12)22)17(24)21-15-7-11(19)2-4-14(15)20/h2-8H,1H3,(H,21,24). The highest BCUT2D eigenvalue weighted by atomic mass is 35.5. The van der Waals surface area contributed by atoms with Crippen molar-refractivity contribution in [3.05, 3.63) is 63.2 Å². The van der Waals surface area contributed by atoms with E-state index in [0.29, 0.717) is 37.2 Å². The summed E-state index contributed by atoms with van der Waals surface area (Å²) in [5.41, 5.74) is 1.31. The van der Waals surface area contributed by atoms with Crippen molar-refractivity contribution in [2.45, 2.75) is 6.92 Å². The van der Waals surface area contributed by atoms with Crippen LogP contribution in [0, 0.1) is 0 Å². The molecule has 0 radical (unpaired) electrons. The zero-order valence-corrected chi connectivity index (χ0v) is 14.7. The van der Waals surface area contributed by atoms with Crippen LogP contribution < -0.4 is 5.32 Å². The molecule has 1 N–H and O–H groups in total. The molecule has 1 heterocycles. The lowest BCUT2D eigenvalue weighted by Gasteiger charge is -2.07. The number of nitrogens with one attached hydrogen (secondary N) is 1. The summed E-state index contributed by atoms with van der Waals surface area (Å²) in [6.07, 6.45) is 1.48. The smallest absolute Gasteiger partial charge is 0.257 e. The number of amides is 1. The van der Waals surface area contributed by atoms with Crippen molar-refractivity contribution < 1.29 is 9.59 Å². The van der Waals surface area contributed by atoms with E-state index in [1.807, 2.05) is 0 Å². The molecule has 0 saturated carbocycles. The Morgan fingerprint density at radius 1 is 1.00 bits per heavy atom. The minimum absolute atomic E-state index is 0.206. The topological polar surface area (TPSA) is 51.1 Å². The molecule has 0 bridgehead atoms. The van der Waals surface area contributed by atoms with Gasteiger partial charge in [-0.1, -0.05) is 34.8 Å². The highest BCUT2D eigenvalue weighted by Gasteiger charge is 2.18. The maximum Gasteiger partial charge on any atom is 0.257 e. The van der Waals surface area contributed by atoms with Gasteiger partial charge < -0.3 is 5.32 Å².